The van der Waals surface area contributed by atoms with Crippen molar-refractivity contribution in [1.82, 2.24) is 30.4 Å². The molecule has 1 aromatic carbocycles. The number of nitrogens with one attached hydrogen (secondary N) is 1. The Balaban J connectivity index is 1.35. The van der Waals surface area contributed by atoms with Crippen molar-refractivity contribution in [3.8, 4) is 0 Å². The number of nitrogens with zero attached hydrogens (tertiary/aromatic N) is 5. The second-order valence-corrected chi connectivity index (χ2v) is 7.56. The molecule has 1 atom stereocenters. The summed E-state index contributed by atoms with van der Waals surface area (Å²) in [5.41, 5.74) is 3.51. The average molecular weight is 394 g/mol. The lowest BCUT2D eigenvalue weighted by atomic mass is 10.1. The molecule has 29 heavy (non-hydrogen) atoms. The van der Waals surface area contributed by atoms with Gasteiger partial charge in [-0.05, 0) is 38.8 Å². The summed E-state index contributed by atoms with van der Waals surface area (Å²) in [6.45, 7) is 6.98. The van der Waals surface area contributed by atoms with Crippen molar-refractivity contribution >= 4 is 5.91 Å². The minimum absolute atomic E-state index is 0.209. The van der Waals surface area contributed by atoms with Crippen LogP contribution in [0.1, 0.15) is 45.9 Å². The fraction of sp³-hybridized carbons (Fsp3) is 0.429. The molecule has 152 valence electrons. The third-order valence-electron chi connectivity index (χ3n) is 5.51. The van der Waals surface area contributed by atoms with E-state index < -0.39 is 0 Å². The van der Waals surface area contributed by atoms with Crippen molar-refractivity contribution in [3.05, 3.63) is 64.8 Å². The topological polar surface area (TPSA) is 89.1 Å². The molecule has 1 amide bonds. The summed E-state index contributed by atoms with van der Waals surface area (Å²) in [5, 5.41) is 15.2. The standard InChI is InChI=1S/C21H26N6O2/c1-15-19(16(2)29-24-15)13-26-10-6-9-18(26)12-27-14-20(23-25-27)21(28)22-11-17-7-4-3-5-8-17/h3-5,7-8,14,18H,6,9-13H2,1-2H3,(H,22,28). The average Bonchev–Trinajstić information content (AvgIpc) is 3.45. The Bertz CT molecular complexity index is 945. The lowest BCUT2D eigenvalue weighted by Crippen LogP contribution is -2.33. The first-order valence-electron chi connectivity index (χ1n) is 9.98. The number of amides is 1. The Labute approximate surface area is 169 Å². The van der Waals surface area contributed by atoms with Crippen molar-refractivity contribution in [2.45, 2.75) is 52.4 Å². The molecule has 1 N–H and O–H groups in total. The van der Waals surface area contributed by atoms with Crippen LogP contribution in [0.4, 0.5) is 0 Å². The molecular weight excluding hydrogens is 368 g/mol. The van der Waals surface area contributed by atoms with Crippen LogP contribution in [0.15, 0.2) is 41.1 Å². The summed E-state index contributed by atoms with van der Waals surface area (Å²) >= 11 is 0. The largest absolute Gasteiger partial charge is 0.361 e. The fourth-order valence-corrected chi connectivity index (χ4v) is 3.82. The Kier molecular flexibility index (Phi) is 5.71. The van der Waals surface area contributed by atoms with Gasteiger partial charge < -0.3 is 9.84 Å². The van der Waals surface area contributed by atoms with Crippen LogP contribution in [-0.4, -0.2) is 43.5 Å². The van der Waals surface area contributed by atoms with E-state index in [1.165, 1.54) is 0 Å². The van der Waals surface area contributed by atoms with E-state index in [0.29, 0.717) is 24.8 Å². The van der Waals surface area contributed by atoms with Crippen molar-refractivity contribution in [2.75, 3.05) is 6.54 Å². The molecule has 1 aliphatic heterocycles. The van der Waals surface area contributed by atoms with Crippen LogP contribution in [0.5, 0.6) is 0 Å². The van der Waals surface area contributed by atoms with Crippen molar-refractivity contribution in [2.24, 2.45) is 0 Å². The summed E-state index contributed by atoms with van der Waals surface area (Å²) in [5.74, 6) is 0.672. The van der Waals surface area contributed by atoms with E-state index in [9.17, 15) is 4.79 Å². The van der Waals surface area contributed by atoms with Crippen LogP contribution < -0.4 is 5.32 Å². The van der Waals surface area contributed by atoms with Gasteiger partial charge in [-0.3, -0.25) is 14.4 Å². The van der Waals surface area contributed by atoms with Gasteiger partial charge in [-0.15, -0.1) is 5.10 Å². The van der Waals surface area contributed by atoms with E-state index in [-0.39, 0.29) is 5.91 Å². The van der Waals surface area contributed by atoms with E-state index in [4.69, 9.17) is 4.52 Å². The van der Waals surface area contributed by atoms with Crippen molar-refractivity contribution in [1.29, 1.82) is 0 Å². The molecule has 8 heteroatoms. The molecule has 0 spiro atoms. The third-order valence-corrected chi connectivity index (χ3v) is 5.51. The molecule has 0 radical (unpaired) electrons. The summed E-state index contributed by atoms with van der Waals surface area (Å²) in [6.07, 6.45) is 3.97. The number of aryl methyl sites for hydroxylation is 2. The van der Waals surface area contributed by atoms with E-state index >= 15 is 0 Å². The Morgan fingerprint density at radius 1 is 1.28 bits per heavy atom. The Morgan fingerprint density at radius 2 is 2.10 bits per heavy atom. The number of carbonyl (C=O) groups excluding carboxylic acids is 1. The first-order chi connectivity index (χ1) is 14.1. The van der Waals surface area contributed by atoms with Crippen LogP contribution in [-0.2, 0) is 19.6 Å². The second kappa shape index (κ2) is 8.57. The molecule has 1 aliphatic rings. The lowest BCUT2D eigenvalue weighted by Gasteiger charge is -2.24. The first-order valence-corrected chi connectivity index (χ1v) is 9.98. The monoisotopic (exact) mass is 394 g/mol. The highest BCUT2D eigenvalue weighted by Crippen LogP contribution is 2.24. The summed E-state index contributed by atoms with van der Waals surface area (Å²) < 4.78 is 7.07. The smallest absolute Gasteiger partial charge is 0.273 e. The maximum atomic E-state index is 12.4. The molecule has 0 saturated carbocycles. The van der Waals surface area contributed by atoms with Gasteiger partial charge in [0.25, 0.3) is 5.91 Å². The molecule has 1 fully saturated rings. The molecule has 1 unspecified atom stereocenters. The minimum Gasteiger partial charge on any atom is -0.361 e. The zero-order valence-corrected chi connectivity index (χ0v) is 16.8. The zero-order valence-electron chi connectivity index (χ0n) is 16.8. The van der Waals surface area contributed by atoms with Gasteiger partial charge in [-0.2, -0.15) is 0 Å². The van der Waals surface area contributed by atoms with E-state index in [1.807, 2.05) is 44.2 Å². The number of carbonyl (C=O) groups is 1. The quantitative estimate of drug-likeness (QED) is 0.662. The third kappa shape index (κ3) is 4.54. The molecule has 3 heterocycles. The predicted octanol–water partition coefficient (Wildman–Crippen LogP) is 2.48. The molecule has 8 nitrogen and oxygen atoms in total. The fourth-order valence-electron chi connectivity index (χ4n) is 3.82. The normalized spacial score (nSPS) is 17.0. The maximum Gasteiger partial charge on any atom is 0.273 e. The van der Waals surface area contributed by atoms with Crippen LogP contribution >= 0.6 is 0 Å². The number of benzene rings is 1. The van der Waals surface area contributed by atoms with Gasteiger partial charge in [-0.25, -0.2) is 0 Å². The predicted molar refractivity (Wildman–Crippen MR) is 107 cm³/mol. The number of rotatable bonds is 7. The van der Waals surface area contributed by atoms with Gasteiger partial charge >= 0.3 is 0 Å². The highest BCUT2D eigenvalue weighted by atomic mass is 16.5. The molecule has 0 aliphatic carbocycles. The van der Waals surface area contributed by atoms with Crippen LogP contribution in [0.25, 0.3) is 0 Å². The zero-order chi connectivity index (χ0) is 20.2. The van der Waals surface area contributed by atoms with Gasteiger partial charge in [0.2, 0.25) is 0 Å². The maximum absolute atomic E-state index is 12.4. The van der Waals surface area contributed by atoms with Gasteiger partial charge in [0, 0.05) is 24.7 Å². The summed E-state index contributed by atoms with van der Waals surface area (Å²) in [4.78, 5) is 14.8. The van der Waals surface area contributed by atoms with E-state index in [2.05, 4.69) is 25.7 Å². The lowest BCUT2D eigenvalue weighted by molar-refractivity contribution is 0.0945. The van der Waals surface area contributed by atoms with Crippen LogP contribution in [0.3, 0.4) is 0 Å². The number of aromatic nitrogens is 4. The molecule has 0 bridgehead atoms. The highest BCUT2D eigenvalue weighted by molar-refractivity contribution is 5.91. The van der Waals surface area contributed by atoms with E-state index in [0.717, 1.165) is 48.5 Å². The Hall–Kier alpha value is -3.00. The van der Waals surface area contributed by atoms with Crippen molar-refractivity contribution < 1.29 is 9.32 Å². The summed E-state index contributed by atoms with van der Waals surface area (Å²) in [6, 6.07) is 10.2. The molecule has 4 rings (SSSR count). The highest BCUT2D eigenvalue weighted by Gasteiger charge is 2.27. The number of likely N-dealkylation sites (tertiary alicyclic amines) is 1. The number of hydrogen-bond donors (Lipinski definition) is 1. The first kappa shape index (κ1) is 19.3. The van der Waals surface area contributed by atoms with Gasteiger partial charge in [0.15, 0.2) is 5.69 Å². The van der Waals surface area contributed by atoms with Crippen molar-refractivity contribution in [3.63, 3.8) is 0 Å². The minimum atomic E-state index is -0.209. The van der Waals surface area contributed by atoms with Gasteiger partial charge in [0.05, 0.1) is 18.4 Å². The molecular formula is C21H26N6O2. The Morgan fingerprint density at radius 3 is 2.86 bits per heavy atom. The van der Waals surface area contributed by atoms with Crippen LogP contribution in [0, 0.1) is 13.8 Å². The van der Waals surface area contributed by atoms with Crippen LogP contribution in [0.2, 0.25) is 0 Å². The summed E-state index contributed by atoms with van der Waals surface area (Å²) in [7, 11) is 0. The second-order valence-electron chi connectivity index (χ2n) is 7.56. The van der Waals surface area contributed by atoms with Gasteiger partial charge in [0.1, 0.15) is 5.76 Å². The van der Waals surface area contributed by atoms with E-state index in [1.54, 1.807) is 10.9 Å². The SMILES string of the molecule is Cc1noc(C)c1CN1CCCC1Cn1cc(C(=O)NCc2ccccc2)nn1. The molecule has 1 saturated heterocycles. The molecule has 2 aromatic heterocycles. The molecule has 3 aromatic rings. The van der Waals surface area contributed by atoms with Gasteiger partial charge in [-0.1, -0.05) is 40.7 Å². The number of hydrogen-bond acceptors (Lipinski definition) is 6.